The second-order valence-corrected chi connectivity index (χ2v) is 3.13. The maximum absolute atomic E-state index is 9.26. The van der Waals surface area contributed by atoms with Crippen molar-refractivity contribution in [3.05, 3.63) is 23.8 Å². The van der Waals surface area contributed by atoms with E-state index in [2.05, 4.69) is 11.8 Å². The molecule has 0 amide bonds. The first-order chi connectivity index (χ1) is 5.08. The van der Waals surface area contributed by atoms with Crippen LogP contribution in [0.25, 0.3) is 0 Å². The van der Waals surface area contributed by atoms with E-state index in [1.54, 1.807) is 13.8 Å². The summed E-state index contributed by atoms with van der Waals surface area (Å²) in [6, 6.07) is 0. The van der Waals surface area contributed by atoms with Gasteiger partial charge in [0.05, 0.1) is 0 Å². The molecule has 1 aliphatic rings. The fourth-order valence-electron chi connectivity index (χ4n) is 0.773. The fourth-order valence-corrected chi connectivity index (χ4v) is 0.773. The Morgan fingerprint density at radius 2 is 2.27 bits per heavy atom. The Morgan fingerprint density at radius 1 is 1.55 bits per heavy atom. The summed E-state index contributed by atoms with van der Waals surface area (Å²) in [5.74, 6) is 5.68. The molecule has 0 saturated carbocycles. The van der Waals surface area contributed by atoms with Crippen LogP contribution in [0, 0.1) is 11.8 Å². The number of hydrogen-bond donors (Lipinski definition) is 1. The fraction of sp³-hybridized carbons (Fsp3) is 0.400. The minimum atomic E-state index is -0.872. The van der Waals surface area contributed by atoms with Crippen LogP contribution in [0.15, 0.2) is 23.8 Å². The lowest BCUT2D eigenvalue weighted by atomic mass is 10.1. The van der Waals surface area contributed by atoms with Crippen molar-refractivity contribution in [1.82, 2.24) is 0 Å². The normalized spacial score (nSPS) is 15.7. The van der Waals surface area contributed by atoms with Crippen molar-refractivity contribution >= 4 is 0 Å². The van der Waals surface area contributed by atoms with Crippen LogP contribution in [0.1, 0.15) is 20.3 Å². The van der Waals surface area contributed by atoms with E-state index in [-0.39, 0.29) is 0 Å². The average molecular weight is 148 g/mol. The van der Waals surface area contributed by atoms with Gasteiger partial charge in [-0.05, 0) is 20.3 Å². The van der Waals surface area contributed by atoms with E-state index in [4.69, 9.17) is 0 Å². The summed E-state index contributed by atoms with van der Waals surface area (Å²) in [6.45, 7) is 3.37. The topological polar surface area (TPSA) is 20.2 Å². The van der Waals surface area contributed by atoms with Crippen molar-refractivity contribution in [2.24, 2.45) is 0 Å². The van der Waals surface area contributed by atoms with E-state index in [0.717, 1.165) is 12.0 Å². The molecule has 1 aliphatic carbocycles. The van der Waals surface area contributed by atoms with Crippen LogP contribution in [0.3, 0.4) is 0 Å². The Hall–Kier alpha value is -1.00. The molecule has 0 radical (unpaired) electrons. The molecule has 1 rings (SSSR count). The van der Waals surface area contributed by atoms with E-state index >= 15 is 0 Å². The van der Waals surface area contributed by atoms with Crippen LogP contribution < -0.4 is 0 Å². The highest BCUT2D eigenvalue weighted by Gasteiger charge is 2.06. The summed E-state index contributed by atoms with van der Waals surface area (Å²) in [7, 11) is 0. The number of rotatable bonds is 0. The highest BCUT2D eigenvalue weighted by atomic mass is 16.3. The van der Waals surface area contributed by atoms with Crippen LogP contribution in [0.2, 0.25) is 0 Å². The molecule has 0 aliphatic heterocycles. The van der Waals surface area contributed by atoms with Gasteiger partial charge in [0.2, 0.25) is 0 Å². The van der Waals surface area contributed by atoms with Gasteiger partial charge < -0.3 is 5.11 Å². The van der Waals surface area contributed by atoms with Crippen molar-refractivity contribution in [1.29, 1.82) is 0 Å². The number of hydrogen-bond acceptors (Lipinski definition) is 1. The molecule has 0 spiro atoms. The van der Waals surface area contributed by atoms with Crippen LogP contribution in [-0.4, -0.2) is 10.7 Å². The quantitative estimate of drug-likeness (QED) is 0.518. The van der Waals surface area contributed by atoms with Crippen molar-refractivity contribution in [3.8, 4) is 11.8 Å². The lowest BCUT2D eigenvalue weighted by molar-refractivity contribution is 0.143. The SMILES string of the molecule is CC(C)(O)C#CC1=CC=CC1. The summed E-state index contributed by atoms with van der Waals surface area (Å²) < 4.78 is 0. The van der Waals surface area contributed by atoms with Gasteiger partial charge in [0.25, 0.3) is 0 Å². The number of allylic oxidation sites excluding steroid dienone is 4. The summed E-state index contributed by atoms with van der Waals surface area (Å²) in [5, 5.41) is 9.26. The van der Waals surface area contributed by atoms with Gasteiger partial charge in [-0.15, -0.1) is 0 Å². The first-order valence-corrected chi connectivity index (χ1v) is 3.69. The van der Waals surface area contributed by atoms with Crippen molar-refractivity contribution in [2.75, 3.05) is 0 Å². The molecule has 0 heterocycles. The van der Waals surface area contributed by atoms with Gasteiger partial charge in [0.15, 0.2) is 0 Å². The maximum atomic E-state index is 9.26. The van der Waals surface area contributed by atoms with Gasteiger partial charge in [-0.2, -0.15) is 0 Å². The van der Waals surface area contributed by atoms with Crippen LogP contribution in [0.4, 0.5) is 0 Å². The standard InChI is InChI=1S/C10H12O/c1-10(2,11)8-7-9-5-3-4-6-9/h3-5,11H,6H2,1-2H3. The van der Waals surface area contributed by atoms with Gasteiger partial charge in [-0.3, -0.25) is 0 Å². The molecule has 0 aromatic carbocycles. The van der Waals surface area contributed by atoms with E-state index < -0.39 is 5.60 Å². The van der Waals surface area contributed by atoms with Gasteiger partial charge in [-0.25, -0.2) is 0 Å². The minimum absolute atomic E-state index is 0.872. The highest BCUT2D eigenvalue weighted by molar-refractivity contribution is 5.39. The van der Waals surface area contributed by atoms with E-state index in [0.29, 0.717) is 0 Å². The van der Waals surface area contributed by atoms with Crippen molar-refractivity contribution in [2.45, 2.75) is 25.9 Å². The van der Waals surface area contributed by atoms with E-state index in [1.807, 2.05) is 18.2 Å². The molecule has 0 unspecified atom stereocenters. The molecule has 0 atom stereocenters. The minimum Gasteiger partial charge on any atom is -0.378 e. The Morgan fingerprint density at radius 3 is 2.73 bits per heavy atom. The predicted octanol–water partition coefficient (Wildman–Crippen LogP) is 1.65. The third-order valence-corrected chi connectivity index (χ3v) is 1.30. The summed E-state index contributed by atoms with van der Waals surface area (Å²) in [5.41, 5.74) is 0.204. The van der Waals surface area contributed by atoms with Crippen LogP contribution in [0.5, 0.6) is 0 Å². The largest absolute Gasteiger partial charge is 0.378 e. The lowest BCUT2D eigenvalue weighted by Crippen LogP contribution is -2.14. The van der Waals surface area contributed by atoms with Crippen molar-refractivity contribution in [3.63, 3.8) is 0 Å². The van der Waals surface area contributed by atoms with Crippen molar-refractivity contribution < 1.29 is 5.11 Å². The molecule has 1 heteroatoms. The first kappa shape index (κ1) is 8.10. The summed E-state index contributed by atoms with van der Waals surface area (Å²) in [4.78, 5) is 0. The smallest absolute Gasteiger partial charge is 0.120 e. The zero-order chi connectivity index (χ0) is 8.32. The van der Waals surface area contributed by atoms with Gasteiger partial charge in [-0.1, -0.05) is 30.1 Å². The number of aliphatic hydroxyl groups is 1. The third kappa shape index (κ3) is 3.06. The third-order valence-electron chi connectivity index (χ3n) is 1.30. The van der Waals surface area contributed by atoms with Gasteiger partial charge in [0, 0.05) is 5.57 Å². The Kier molecular flexibility index (Phi) is 2.16. The maximum Gasteiger partial charge on any atom is 0.120 e. The zero-order valence-corrected chi connectivity index (χ0v) is 6.89. The Labute approximate surface area is 67.4 Å². The molecule has 58 valence electrons. The molecule has 0 saturated heterocycles. The molecule has 0 aromatic heterocycles. The second kappa shape index (κ2) is 2.94. The first-order valence-electron chi connectivity index (χ1n) is 3.69. The van der Waals surface area contributed by atoms with Gasteiger partial charge in [0.1, 0.15) is 5.60 Å². The lowest BCUT2D eigenvalue weighted by Gasteiger charge is -2.05. The molecule has 1 N–H and O–H groups in total. The summed E-state index contributed by atoms with van der Waals surface area (Å²) >= 11 is 0. The van der Waals surface area contributed by atoms with Crippen LogP contribution >= 0.6 is 0 Å². The average Bonchev–Trinajstić information content (AvgIpc) is 2.32. The van der Waals surface area contributed by atoms with E-state index in [9.17, 15) is 5.11 Å². The molecular formula is C10H12O. The molecule has 0 bridgehead atoms. The molecule has 0 fully saturated rings. The second-order valence-electron chi connectivity index (χ2n) is 3.13. The molecule has 11 heavy (non-hydrogen) atoms. The molecular weight excluding hydrogens is 136 g/mol. The van der Waals surface area contributed by atoms with Gasteiger partial charge >= 0.3 is 0 Å². The van der Waals surface area contributed by atoms with Crippen LogP contribution in [-0.2, 0) is 0 Å². The Bertz CT molecular complexity index is 253. The zero-order valence-electron chi connectivity index (χ0n) is 6.89. The summed E-state index contributed by atoms with van der Waals surface area (Å²) in [6.07, 6.45) is 6.91. The molecule has 0 aromatic rings. The highest BCUT2D eigenvalue weighted by Crippen LogP contribution is 2.09. The Balaban J connectivity index is 2.59. The predicted molar refractivity (Wildman–Crippen MR) is 45.9 cm³/mol. The monoisotopic (exact) mass is 148 g/mol. The molecule has 1 nitrogen and oxygen atoms in total. The van der Waals surface area contributed by atoms with E-state index in [1.165, 1.54) is 0 Å².